The highest BCUT2D eigenvalue weighted by molar-refractivity contribution is 9.10. The molecule has 4 nitrogen and oxygen atoms in total. The number of nitrogens with one attached hydrogen (secondary N) is 1. The van der Waals surface area contributed by atoms with Crippen LogP contribution in [0.15, 0.2) is 22.7 Å². The lowest BCUT2D eigenvalue weighted by Crippen LogP contribution is -2.32. The second-order valence-electron chi connectivity index (χ2n) is 5.97. The van der Waals surface area contributed by atoms with Crippen LogP contribution in [0.3, 0.4) is 0 Å². The normalized spacial score (nSPS) is 14.0. The smallest absolute Gasteiger partial charge is 0.158 e. The van der Waals surface area contributed by atoms with Crippen LogP contribution < -0.4 is 10.1 Å². The van der Waals surface area contributed by atoms with E-state index in [-0.39, 0.29) is 18.4 Å². The third kappa shape index (κ3) is 4.97. The summed E-state index contributed by atoms with van der Waals surface area (Å²) in [6.07, 6.45) is 0. The van der Waals surface area contributed by atoms with Crippen LogP contribution in [0.5, 0.6) is 5.75 Å². The minimum Gasteiger partial charge on any atom is -0.492 e. The summed E-state index contributed by atoms with van der Waals surface area (Å²) in [4.78, 5) is 0. The number of hydrogen-bond donors (Lipinski definition) is 1. The van der Waals surface area contributed by atoms with Crippen molar-refractivity contribution in [2.45, 2.75) is 38.5 Å². The molecule has 0 saturated heterocycles. The molecule has 1 N–H and O–H groups in total. The van der Waals surface area contributed by atoms with E-state index in [2.05, 4.69) is 21.2 Å². The van der Waals surface area contributed by atoms with Gasteiger partial charge >= 0.3 is 0 Å². The lowest BCUT2D eigenvalue weighted by Gasteiger charge is -2.20. The molecule has 0 heterocycles. The molecule has 1 unspecified atom stereocenters. The molecule has 0 aliphatic carbocycles. The van der Waals surface area contributed by atoms with Crippen molar-refractivity contribution in [3.05, 3.63) is 28.2 Å². The van der Waals surface area contributed by atoms with E-state index in [9.17, 15) is 8.42 Å². The molecule has 0 aromatic heterocycles. The highest BCUT2D eigenvalue weighted by Crippen LogP contribution is 2.28. The molecule has 0 radical (unpaired) electrons. The van der Waals surface area contributed by atoms with Gasteiger partial charge in [-0.05, 0) is 52.9 Å². The molecule has 21 heavy (non-hydrogen) atoms. The van der Waals surface area contributed by atoms with Crippen LogP contribution in [0.2, 0.25) is 0 Å². The minimum absolute atomic E-state index is 0.0138. The molecule has 0 bridgehead atoms. The molecule has 1 rings (SSSR count). The summed E-state index contributed by atoms with van der Waals surface area (Å²) in [5, 5.41) is 3.16. The summed E-state index contributed by atoms with van der Waals surface area (Å²) >= 11 is 3.44. The molecule has 0 aliphatic heterocycles. The maximum atomic E-state index is 12.1. The van der Waals surface area contributed by atoms with E-state index in [4.69, 9.17) is 4.74 Å². The van der Waals surface area contributed by atoms with E-state index in [0.717, 1.165) is 10.0 Å². The lowest BCUT2D eigenvalue weighted by molar-refractivity contribution is 0.333. The Morgan fingerprint density at radius 2 is 1.95 bits per heavy atom. The molecule has 0 spiro atoms. The summed E-state index contributed by atoms with van der Waals surface area (Å²) in [7, 11) is -1.29. The van der Waals surface area contributed by atoms with E-state index >= 15 is 0 Å². The van der Waals surface area contributed by atoms with Gasteiger partial charge in [-0.3, -0.25) is 0 Å². The van der Waals surface area contributed by atoms with Crippen molar-refractivity contribution in [1.82, 2.24) is 5.32 Å². The van der Waals surface area contributed by atoms with Crippen molar-refractivity contribution < 1.29 is 13.2 Å². The molecule has 120 valence electrons. The van der Waals surface area contributed by atoms with Gasteiger partial charge in [0.05, 0.1) is 10.5 Å². The van der Waals surface area contributed by atoms with Crippen LogP contribution in [0.1, 0.15) is 39.3 Å². The first-order chi connectivity index (χ1) is 9.58. The third-order valence-corrected chi connectivity index (χ3v) is 6.48. The highest BCUT2D eigenvalue weighted by Gasteiger charge is 2.28. The van der Waals surface area contributed by atoms with Crippen LogP contribution in [0.4, 0.5) is 0 Å². The van der Waals surface area contributed by atoms with Gasteiger partial charge < -0.3 is 10.1 Å². The summed E-state index contributed by atoms with van der Waals surface area (Å²) in [6, 6.07) is 5.85. The average molecular weight is 378 g/mol. The Kier molecular flexibility index (Phi) is 6.25. The Hall–Kier alpha value is -0.590. The Morgan fingerprint density at radius 3 is 2.48 bits per heavy atom. The molecule has 1 aromatic carbocycles. The van der Waals surface area contributed by atoms with Crippen LogP contribution in [0, 0.1) is 0 Å². The molecule has 0 fully saturated rings. The van der Waals surface area contributed by atoms with Crippen molar-refractivity contribution in [2.75, 3.05) is 19.4 Å². The predicted octanol–water partition coefficient (Wildman–Crippen LogP) is 3.32. The Labute approximate surface area is 136 Å². The number of hydrogen-bond acceptors (Lipinski definition) is 4. The minimum atomic E-state index is -3.16. The summed E-state index contributed by atoms with van der Waals surface area (Å²) in [5.74, 6) is 0.726. The van der Waals surface area contributed by atoms with E-state index in [1.54, 1.807) is 20.8 Å². The highest BCUT2D eigenvalue weighted by atomic mass is 79.9. The lowest BCUT2D eigenvalue weighted by atomic mass is 10.1. The van der Waals surface area contributed by atoms with Crippen molar-refractivity contribution in [3.63, 3.8) is 0 Å². The predicted molar refractivity (Wildman–Crippen MR) is 90.7 cm³/mol. The van der Waals surface area contributed by atoms with Gasteiger partial charge in [0.1, 0.15) is 12.4 Å². The molecular formula is C15H24BrNO3S. The van der Waals surface area contributed by atoms with Gasteiger partial charge in [-0.2, -0.15) is 0 Å². The number of benzene rings is 1. The van der Waals surface area contributed by atoms with Gasteiger partial charge in [-0.15, -0.1) is 0 Å². The first-order valence-electron chi connectivity index (χ1n) is 6.90. The second kappa shape index (κ2) is 7.11. The van der Waals surface area contributed by atoms with Gasteiger partial charge in [-0.25, -0.2) is 8.42 Å². The van der Waals surface area contributed by atoms with Gasteiger partial charge in [-0.1, -0.05) is 15.9 Å². The Balaban J connectivity index is 2.81. The standard InChI is InChI=1S/C15H24BrNO3S/c1-11(17-5)13-10-12(16)6-7-14(13)20-8-9-21(18,19)15(2,3)4/h6-7,10-11,17H,8-9H2,1-5H3. The first-order valence-corrected chi connectivity index (χ1v) is 9.35. The first kappa shape index (κ1) is 18.5. The number of sulfone groups is 1. The zero-order valence-electron chi connectivity index (χ0n) is 13.2. The fraction of sp³-hybridized carbons (Fsp3) is 0.600. The van der Waals surface area contributed by atoms with Crippen molar-refractivity contribution in [1.29, 1.82) is 0 Å². The van der Waals surface area contributed by atoms with Gasteiger partial charge in [0.2, 0.25) is 0 Å². The largest absolute Gasteiger partial charge is 0.492 e. The van der Waals surface area contributed by atoms with Gasteiger partial charge in [0.15, 0.2) is 9.84 Å². The fourth-order valence-corrected chi connectivity index (χ4v) is 3.01. The van der Waals surface area contributed by atoms with Crippen molar-refractivity contribution >= 4 is 25.8 Å². The number of ether oxygens (including phenoxy) is 1. The summed E-state index contributed by atoms with van der Waals surface area (Å²) < 4.78 is 30.1. The Morgan fingerprint density at radius 1 is 1.33 bits per heavy atom. The molecule has 0 saturated carbocycles. The average Bonchev–Trinajstić information content (AvgIpc) is 2.38. The molecule has 1 aromatic rings. The van der Waals surface area contributed by atoms with Crippen molar-refractivity contribution in [3.8, 4) is 5.75 Å². The van der Waals surface area contributed by atoms with Crippen LogP contribution in [0.25, 0.3) is 0 Å². The SMILES string of the molecule is CNC(C)c1cc(Br)ccc1OCCS(=O)(=O)C(C)(C)C. The molecule has 1 atom stereocenters. The number of halogens is 1. The Bertz CT molecular complexity index is 579. The van der Waals surface area contributed by atoms with Crippen LogP contribution in [-0.4, -0.2) is 32.6 Å². The molecular weight excluding hydrogens is 354 g/mol. The summed E-state index contributed by atoms with van der Waals surface area (Å²) in [5.41, 5.74) is 1.00. The quantitative estimate of drug-likeness (QED) is 0.825. The van der Waals surface area contributed by atoms with Gasteiger partial charge in [0.25, 0.3) is 0 Å². The van der Waals surface area contributed by atoms with Crippen LogP contribution in [-0.2, 0) is 9.84 Å². The zero-order valence-corrected chi connectivity index (χ0v) is 15.6. The van der Waals surface area contributed by atoms with Crippen LogP contribution >= 0.6 is 15.9 Å². The van der Waals surface area contributed by atoms with E-state index in [1.165, 1.54) is 0 Å². The third-order valence-electron chi connectivity index (χ3n) is 3.41. The molecule has 6 heteroatoms. The summed E-state index contributed by atoms with van der Waals surface area (Å²) in [6.45, 7) is 7.30. The van der Waals surface area contributed by atoms with E-state index in [1.807, 2.05) is 32.2 Å². The number of rotatable bonds is 6. The zero-order chi connectivity index (χ0) is 16.3. The fourth-order valence-electron chi connectivity index (χ4n) is 1.71. The van der Waals surface area contributed by atoms with Crippen molar-refractivity contribution in [2.24, 2.45) is 0 Å². The molecule has 0 amide bonds. The monoisotopic (exact) mass is 377 g/mol. The maximum Gasteiger partial charge on any atom is 0.158 e. The van der Waals surface area contributed by atoms with E-state index in [0.29, 0.717) is 5.75 Å². The van der Waals surface area contributed by atoms with Gasteiger partial charge in [0, 0.05) is 16.1 Å². The molecule has 0 aliphatic rings. The second-order valence-corrected chi connectivity index (χ2v) is 9.75. The van der Waals surface area contributed by atoms with E-state index < -0.39 is 14.6 Å². The topological polar surface area (TPSA) is 55.4 Å². The maximum absolute atomic E-state index is 12.1.